The second-order valence-electron chi connectivity index (χ2n) is 7.57. The molecule has 1 aromatic carbocycles. The highest BCUT2D eigenvalue weighted by Crippen LogP contribution is 2.31. The number of nitrogens with zero attached hydrogens (tertiary/aromatic N) is 2. The van der Waals surface area contributed by atoms with E-state index >= 15 is 0 Å². The highest BCUT2D eigenvalue weighted by molar-refractivity contribution is 7.14. The lowest BCUT2D eigenvalue weighted by molar-refractivity contribution is 0.0590. The quantitative estimate of drug-likeness (QED) is 0.782. The zero-order chi connectivity index (χ0) is 18.8. The topological polar surface area (TPSA) is 32.8 Å². The molecular formula is C21H25FN2O2S. The highest BCUT2D eigenvalue weighted by Gasteiger charge is 2.37. The van der Waals surface area contributed by atoms with E-state index in [0.717, 1.165) is 47.9 Å². The van der Waals surface area contributed by atoms with Gasteiger partial charge in [-0.2, -0.15) is 0 Å². The predicted molar refractivity (Wildman–Crippen MR) is 104 cm³/mol. The van der Waals surface area contributed by atoms with Crippen molar-refractivity contribution < 1.29 is 13.9 Å². The van der Waals surface area contributed by atoms with E-state index in [0.29, 0.717) is 12.5 Å². The van der Waals surface area contributed by atoms with Gasteiger partial charge in [-0.15, -0.1) is 11.3 Å². The smallest absolute Gasteiger partial charge is 0.264 e. The Bertz CT molecular complexity index is 792. The molecule has 3 saturated heterocycles. The average molecular weight is 389 g/mol. The Morgan fingerprint density at radius 2 is 1.96 bits per heavy atom. The molecule has 1 aromatic heterocycles. The maximum Gasteiger partial charge on any atom is 0.264 e. The first-order valence-corrected chi connectivity index (χ1v) is 10.3. The van der Waals surface area contributed by atoms with E-state index in [-0.39, 0.29) is 17.8 Å². The zero-order valence-electron chi connectivity index (χ0n) is 15.6. The van der Waals surface area contributed by atoms with Crippen LogP contribution in [0.3, 0.4) is 0 Å². The van der Waals surface area contributed by atoms with Crippen LogP contribution in [0.2, 0.25) is 0 Å². The summed E-state index contributed by atoms with van der Waals surface area (Å²) in [5.41, 5.74) is 1.12. The molecule has 0 unspecified atom stereocenters. The first-order valence-electron chi connectivity index (χ1n) is 9.48. The van der Waals surface area contributed by atoms with Gasteiger partial charge in [0.1, 0.15) is 5.82 Å². The Hall–Kier alpha value is -1.76. The SMILES string of the molecule is COCc1ccc(C(=O)N2C[C@H]3CC[C@@H]2CN(Cc2ccc(F)cc2)C3)s1. The Labute approximate surface area is 163 Å². The molecule has 0 spiro atoms. The summed E-state index contributed by atoms with van der Waals surface area (Å²) in [7, 11) is 1.67. The molecule has 144 valence electrons. The number of amides is 1. The molecule has 2 aromatic rings. The van der Waals surface area contributed by atoms with Crippen LogP contribution < -0.4 is 0 Å². The van der Waals surface area contributed by atoms with Crippen LogP contribution in [0.4, 0.5) is 4.39 Å². The Kier molecular flexibility index (Phi) is 5.57. The molecule has 6 heteroatoms. The fourth-order valence-electron chi connectivity index (χ4n) is 4.26. The summed E-state index contributed by atoms with van der Waals surface area (Å²) in [4.78, 5) is 19.5. The van der Waals surface area contributed by atoms with Crippen molar-refractivity contribution in [1.82, 2.24) is 9.80 Å². The molecule has 4 heterocycles. The van der Waals surface area contributed by atoms with Crippen molar-refractivity contribution in [3.05, 3.63) is 57.5 Å². The number of hydrogen-bond acceptors (Lipinski definition) is 4. The number of piperidine rings is 1. The number of rotatable bonds is 5. The monoisotopic (exact) mass is 388 g/mol. The lowest BCUT2D eigenvalue weighted by Crippen LogP contribution is -2.47. The third kappa shape index (κ3) is 4.23. The number of hydrogen-bond donors (Lipinski definition) is 0. The standard InChI is InChI=1S/C21H25FN2O2S/c1-26-14-19-8-9-20(27-19)21(25)24-12-16-4-7-18(24)13-23(11-16)10-15-2-5-17(22)6-3-15/h2-3,5-6,8-9,16,18H,4,7,10-14H2,1H3/t16-,18+/m0/s1. The van der Waals surface area contributed by atoms with Gasteiger partial charge in [0, 0.05) is 44.2 Å². The molecular weight excluding hydrogens is 363 g/mol. The number of ether oxygens (including phenoxy) is 1. The van der Waals surface area contributed by atoms with Crippen LogP contribution in [0, 0.1) is 11.7 Å². The number of fused-ring (bicyclic) bond motifs is 4. The van der Waals surface area contributed by atoms with Gasteiger partial charge in [-0.05, 0) is 48.6 Å². The van der Waals surface area contributed by atoms with Gasteiger partial charge < -0.3 is 9.64 Å². The fourth-order valence-corrected chi connectivity index (χ4v) is 5.20. The summed E-state index contributed by atoms with van der Waals surface area (Å²) in [6, 6.07) is 10.9. The van der Waals surface area contributed by atoms with Crippen molar-refractivity contribution >= 4 is 17.2 Å². The molecule has 0 radical (unpaired) electrons. The molecule has 0 aliphatic carbocycles. The molecule has 5 rings (SSSR count). The van der Waals surface area contributed by atoms with Gasteiger partial charge in [-0.3, -0.25) is 9.69 Å². The maximum atomic E-state index is 13.2. The van der Waals surface area contributed by atoms with Crippen LogP contribution in [0.25, 0.3) is 0 Å². The molecule has 2 bridgehead atoms. The minimum Gasteiger partial charge on any atom is -0.379 e. The minimum atomic E-state index is -0.199. The summed E-state index contributed by atoms with van der Waals surface area (Å²) in [6.45, 7) is 4.08. The first kappa shape index (κ1) is 18.6. The lowest BCUT2D eigenvalue weighted by atomic mass is 9.95. The number of carbonyl (C=O) groups is 1. The van der Waals surface area contributed by atoms with E-state index in [9.17, 15) is 9.18 Å². The zero-order valence-corrected chi connectivity index (χ0v) is 16.4. The third-order valence-corrected chi connectivity index (χ3v) is 6.58. The van der Waals surface area contributed by atoms with Crippen LogP contribution in [0.1, 0.15) is 33.0 Å². The van der Waals surface area contributed by atoms with Gasteiger partial charge in [-0.25, -0.2) is 4.39 Å². The second-order valence-corrected chi connectivity index (χ2v) is 8.74. The van der Waals surface area contributed by atoms with Crippen molar-refractivity contribution in [2.75, 3.05) is 26.7 Å². The molecule has 2 atom stereocenters. The summed E-state index contributed by atoms with van der Waals surface area (Å²) in [6.07, 6.45) is 2.24. The van der Waals surface area contributed by atoms with Gasteiger partial charge >= 0.3 is 0 Å². The van der Waals surface area contributed by atoms with Crippen LogP contribution in [0.15, 0.2) is 36.4 Å². The predicted octanol–water partition coefficient (Wildman–Crippen LogP) is 3.77. The van der Waals surface area contributed by atoms with Crippen molar-refractivity contribution in [1.29, 1.82) is 0 Å². The summed E-state index contributed by atoms with van der Waals surface area (Å²) >= 11 is 1.53. The molecule has 4 nitrogen and oxygen atoms in total. The van der Waals surface area contributed by atoms with Crippen LogP contribution in [0.5, 0.6) is 0 Å². The van der Waals surface area contributed by atoms with Crippen molar-refractivity contribution in [2.45, 2.75) is 32.0 Å². The molecule has 3 aliphatic heterocycles. The van der Waals surface area contributed by atoms with Crippen LogP contribution >= 0.6 is 11.3 Å². The largest absolute Gasteiger partial charge is 0.379 e. The Morgan fingerprint density at radius 1 is 1.15 bits per heavy atom. The van der Waals surface area contributed by atoms with Gasteiger partial charge in [-0.1, -0.05) is 12.1 Å². The highest BCUT2D eigenvalue weighted by atomic mass is 32.1. The third-order valence-electron chi connectivity index (χ3n) is 5.53. The van der Waals surface area contributed by atoms with Gasteiger partial charge in [0.05, 0.1) is 11.5 Å². The summed E-state index contributed by atoms with van der Waals surface area (Å²) in [5, 5.41) is 0. The van der Waals surface area contributed by atoms with E-state index in [1.807, 2.05) is 24.3 Å². The van der Waals surface area contributed by atoms with E-state index in [1.165, 1.54) is 29.9 Å². The molecule has 1 amide bonds. The molecule has 0 N–H and O–H groups in total. The second kappa shape index (κ2) is 8.09. The van der Waals surface area contributed by atoms with E-state index < -0.39 is 0 Å². The van der Waals surface area contributed by atoms with Gasteiger partial charge in [0.15, 0.2) is 0 Å². The van der Waals surface area contributed by atoms with Crippen LogP contribution in [-0.2, 0) is 17.9 Å². The number of benzene rings is 1. The van der Waals surface area contributed by atoms with Gasteiger partial charge in [0.2, 0.25) is 0 Å². The molecule has 27 heavy (non-hydrogen) atoms. The maximum absolute atomic E-state index is 13.2. The minimum absolute atomic E-state index is 0.153. The van der Waals surface area contributed by atoms with Crippen molar-refractivity contribution in [3.8, 4) is 0 Å². The lowest BCUT2D eigenvalue weighted by Gasteiger charge is -2.36. The van der Waals surface area contributed by atoms with E-state index in [2.05, 4.69) is 9.80 Å². The summed E-state index contributed by atoms with van der Waals surface area (Å²) in [5.74, 6) is 0.461. The first-order chi connectivity index (χ1) is 13.1. The molecule has 3 fully saturated rings. The normalized spacial score (nSPS) is 22.8. The van der Waals surface area contributed by atoms with Crippen molar-refractivity contribution in [3.63, 3.8) is 0 Å². The van der Waals surface area contributed by atoms with E-state index in [4.69, 9.17) is 4.74 Å². The molecule has 0 saturated carbocycles. The van der Waals surface area contributed by atoms with E-state index in [1.54, 1.807) is 7.11 Å². The summed E-state index contributed by atoms with van der Waals surface area (Å²) < 4.78 is 18.3. The Balaban J connectivity index is 1.45. The number of methoxy groups -OCH3 is 1. The molecule has 3 aliphatic rings. The van der Waals surface area contributed by atoms with Gasteiger partial charge in [0.25, 0.3) is 5.91 Å². The van der Waals surface area contributed by atoms with Crippen molar-refractivity contribution in [2.24, 2.45) is 5.92 Å². The number of halogens is 1. The number of carbonyl (C=O) groups excluding carboxylic acids is 1. The average Bonchev–Trinajstić information content (AvgIpc) is 2.96. The van der Waals surface area contributed by atoms with Crippen LogP contribution in [-0.4, -0.2) is 48.5 Å². The fraction of sp³-hybridized carbons (Fsp3) is 0.476. The number of thiophene rings is 1. The Morgan fingerprint density at radius 3 is 2.74 bits per heavy atom.